The fourth-order valence-corrected chi connectivity index (χ4v) is 4.44. The molecule has 1 aliphatic rings. The van der Waals surface area contributed by atoms with Crippen molar-refractivity contribution >= 4 is 15.9 Å². The third kappa shape index (κ3) is 4.10. The second kappa shape index (κ2) is 7.49. The lowest BCUT2D eigenvalue weighted by molar-refractivity contribution is 0.0728. The number of nitrogens with zero attached hydrogens (tertiary/aromatic N) is 2. The average Bonchev–Trinajstić information content (AvgIpc) is 3.33. The Morgan fingerprint density at radius 2 is 2.03 bits per heavy atom. The molecule has 152 valence electrons. The molecule has 1 amide bonds. The summed E-state index contributed by atoms with van der Waals surface area (Å²) in [6.07, 6.45) is 0.671. The van der Waals surface area contributed by atoms with Crippen LogP contribution in [0.4, 0.5) is 0 Å². The normalized spacial score (nSPS) is 14.1. The highest BCUT2D eigenvalue weighted by Gasteiger charge is 2.25. The summed E-state index contributed by atoms with van der Waals surface area (Å²) in [7, 11) is -3.70. The number of amides is 1. The Balaban J connectivity index is 1.51. The van der Waals surface area contributed by atoms with Crippen LogP contribution in [0.1, 0.15) is 38.8 Å². The van der Waals surface area contributed by atoms with Gasteiger partial charge in [0, 0.05) is 18.8 Å². The summed E-state index contributed by atoms with van der Waals surface area (Å²) in [5, 5.41) is 6.80. The van der Waals surface area contributed by atoms with Gasteiger partial charge in [-0.3, -0.25) is 9.89 Å². The van der Waals surface area contributed by atoms with Crippen molar-refractivity contribution in [1.82, 2.24) is 19.8 Å². The Morgan fingerprint density at radius 3 is 2.72 bits per heavy atom. The van der Waals surface area contributed by atoms with E-state index in [0.717, 1.165) is 22.6 Å². The van der Waals surface area contributed by atoms with E-state index in [1.54, 1.807) is 42.2 Å². The van der Waals surface area contributed by atoms with Crippen molar-refractivity contribution in [2.24, 2.45) is 0 Å². The second-order valence-electron chi connectivity index (χ2n) is 7.18. The monoisotopic (exact) mass is 414 g/mol. The minimum atomic E-state index is -3.70. The number of aryl methyl sites for hydroxylation is 2. The fraction of sp³-hybridized carbons (Fsp3) is 0.300. The predicted molar refractivity (Wildman–Crippen MR) is 106 cm³/mol. The zero-order valence-electron chi connectivity index (χ0n) is 16.2. The van der Waals surface area contributed by atoms with Crippen molar-refractivity contribution in [2.75, 3.05) is 6.54 Å². The van der Waals surface area contributed by atoms with Gasteiger partial charge < -0.3 is 9.32 Å². The lowest BCUT2D eigenvalue weighted by Gasteiger charge is -2.28. The van der Waals surface area contributed by atoms with Crippen LogP contribution >= 0.6 is 0 Å². The molecule has 0 atom stereocenters. The van der Waals surface area contributed by atoms with Crippen LogP contribution in [0, 0.1) is 13.8 Å². The first kappa shape index (κ1) is 19.4. The highest BCUT2D eigenvalue weighted by Crippen LogP contribution is 2.24. The molecule has 0 spiro atoms. The van der Waals surface area contributed by atoms with Crippen LogP contribution in [0.15, 0.2) is 45.7 Å². The number of carbonyl (C=O) groups is 1. The van der Waals surface area contributed by atoms with Gasteiger partial charge in [-0.05, 0) is 61.7 Å². The van der Waals surface area contributed by atoms with Gasteiger partial charge in [-0.2, -0.15) is 5.10 Å². The largest absolute Gasteiger partial charge is 0.465 e. The Labute approximate surface area is 169 Å². The van der Waals surface area contributed by atoms with Crippen LogP contribution in [-0.2, 0) is 29.5 Å². The van der Waals surface area contributed by atoms with Crippen LogP contribution in [0.5, 0.6) is 0 Å². The first-order valence-corrected chi connectivity index (χ1v) is 10.8. The maximum absolute atomic E-state index is 12.7. The zero-order chi connectivity index (χ0) is 20.6. The van der Waals surface area contributed by atoms with Crippen molar-refractivity contribution in [3.8, 4) is 0 Å². The van der Waals surface area contributed by atoms with Crippen molar-refractivity contribution < 1.29 is 17.6 Å². The number of fused-ring (bicyclic) bond motifs is 1. The number of carbonyl (C=O) groups excluding carboxylic acids is 1. The number of aromatic amines is 1. The number of benzene rings is 1. The Kier molecular flexibility index (Phi) is 5.01. The molecular weight excluding hydrogens is 392 g/mol. The first-order chi connectivity index (χ1) is 13.8. The lowest BCUT2D eigenvalue weighted by atomic mass is 9.99. The number of sulfonamides is 1. The standard InChI is InChI=1S/C20H22N4O4S/c1-13-9-19(23-22-13)20(25)24-8-7-15-4-6-18(10-16(15)12-24)29(26,27)21-11-17-5-3-14(2)28-17/h3-6,9-10,21H,7-8,11-12H2,1-2H3,(H,22,23). The molecule has 29 heavy (non-hydrogen) atoms. The van der Waals surface area contributed by atoms with Crippen molar-refractivity contribution in [3.05, 3.63) is 70.4 Å². The SMILES string of the molecule is Cc1cc(C(=O)N2CCc3ccc(S(=O)(=O)NCc4ccc(C)o4)cc3C2)n[nH]1. The molecule has 0 saturated heterocycles. The van der Waals surface area contributed by atoms with E-state index in [1.165, 1.54) is 0 Å². The Bertz CT molecular complexity index is 1160. The summed E-state index contributed by atoms with van der Waals surface area (Å²) in [6, 6.07) is 10.3. The smallest absolute Gasteiger partial charge is 0.274 e. The van der Waals surface area contributed by atoms with Gasteiger partial charge in [0.15, 0.2) is 0 Å². The highest BCUT2D eigenvalue weighted by molar-refractivity contribution is 7.89. The molecule has 0 unspecified atom stereocenters. The minimum Gasteiger partial charge on any atom is -0.465 e. The van der Waals surface area contributed by atoms with Gasteiger partial charge in [-0.1, -0.05) is 6.07 Å². The van der Waals surface area contributed by atoms with E-state index >= 15 is 0 Å². The molecule has 3 aromatic rings. The van der Waals surface area contributed by atoms with Gasteiger partial charge in [0.2, 0.25) is 10.0 Å². The van der Waals surface area contributed by atoms with E-state index in [2.05, 4.69) is 14.9 Å². The van der Waals surface area contributed by atoms with Crippen molar-refractivity contribution in [1.29, 1.82) is 0 Å². The van der Waals surface area contributed by atoms with Crippen LogP contribution in [0.2, 0.25) is 0 Å². The number of rotatable bonds is 5. The van der Waals surface area contributed by atoms with Gasteiger partial charge in [0.25, 0.3) is 5.91 Å². The third-order valence-electron chi connectivity index (χ3n) is 4.94. The highest BCUT2D eigenvalue weighted by atomic mass is 32.2. The van der Waals surface area contributed by atoms with Crippen molar-refractivity contribution in [3.63, 3.8) is 0 Å². The second-order valence-corrected chi connectivity index (χ2v) is 8.95. The molecule has 3 heterocycles. The van der Waals surface area contributed by atoms with Gasteiger partial charge in [0.05, 0.1) is 11.4 Å². The predicted octanol–water partition coefficient (Wildman–Crippen LogP) is 2.30. The lowest BCUT2D eigenvalue weighted by Crippen LogP contribution is -2.36. The molecule has 8 nitrogen and oxygen atoms in total. The molecule has 2 N–H and O–H groups in total. The number of H-pyrrole nitrogens is 1. The maximum Gasteiger partial charge on any atom is 0.274 e. The molecule has 0 fully saturated rings. The fourth-order valence-electron chi connectivity index (χ4n) is 3.39. The molecule has 9 heteroatoms. The zero-order valence-corrected chi connectivity index (χ0v) is 17.0. The molecule has 0 radical (unpaired) electrons. The van der Waals surface area contributed by atoms with Gasteiger partial charge in [-0.25, -0.2) is 13.1 Å². The van der Waals surface area contributed by atoms with Crippen LogP contribution in [-0.4, -0.2) is 36.0 Å². The number of furan rings is 1. The Hall–Kier alpha value is -2.91. The van der Waals surface area contributed by atoms with E-state index in [-0.39, 0.29) is 17.3 Å². The maximum atomic E-state index is 12.7. The molecule has 2 aromatic heterocycles. The summed E-state index contributed by atoms with van der Waals surface area (Å²) < 4.78 is 33.3. The molecule has 1 aliphatic heterocycles. The summed E-state index contributed by atoms with van der Waals surface area (Å²) in [5.41, 5.74) is 3.06. The number of nitrogens with one attached hydrogen (secondary N) is 2. The summed E-state index contributed by atoms with van der Waals surface area (Å²) in [5.74, 6) is 1.11. The topological polar surface area (TPSA) is 108 Å². The summed E-state index contributed by atoms with van der Waals surface area (Å²) >= 11 is 0. The van der Waals surface area contributed by atoms with Gasteiger partial charge >= 0.3 is 0 Å². The number of hydrogen-bond donors (Lipinski definition) is 2. The minimum absolute atomic E-state index is 0.0797. The number of aromatic nitrogens is 2. The molecule has 0 saturated carbocycles. The molecule has 4 rings (SSSR count). The first-order valence-electron chi connectivity index (χ1n) is 9.30. The molecule has 1 aromatic carbocycles. The van der Waals surface area contributed by atoms with Gasteiger partial charge in [0.1, 0.15) is 17.2 Å². The van der Waals surface area contributed by atoms with Crippen LogP contribution in [0.3, 0.4) is 0 Å². The molecular formula is C20H22N4O4S. The third-order valence-corrected chi connectivity index (χ3v) is 6.34. The van der Waals surface area contributed by atoms with Gasteiger partial charge in [-0.15, -0.1) is 0 Å². The molecule has 0 bridgehead atoms. The van der Waals surface area contributed by atoms with E-state index in [4.69, 9.17) is 4.42 Å². The average molecular weight is 414 g/mol. The van der Waals surface area contributed by atoms with E-state index < -0.39 is 10.0 Å². The van der Waals surface area contributed by atoms with E-state index in [0.29, 0.717) is 31.0 Å². The van der Waals surface area contributed by atoms with Crippen molar-refractivity contribution in [2.45, 2.75) is 38.3 Å². The molecule has 0 aliphatic carbocycles. The Morgan fingerprint density at radius 1 is 1.21 bits per heavy atom. The quantitative estimate of drug-likeness (QED) is 0.666. The van der Waals surface area contributed by atoms with E-state index in [1.807, 2.05) is 13.0 Å². The van der Waals surface area contributed by atoms with E-state index in [9.17, 15) is 13.2 Å². The summed E-state index contributed by atoms with van der Waals surface area (Å²) in [6.45, 7) is 4.64. The summed E-state index contributed by atoms with van der Waals surface area (Å²) in [4.78, 5) is 14.5. The van der Waals surface area contributed by atoms with Crippen LogP contribution < -0.4 is 4.72 Å². The number of hydrogen-bond acceptors (Lipinski definition) is 5. The van der Waals surface area contributed by atoms with Crippen LogP contribution in [0.25, 0.3) is 0 Å².